The van der Waals surface area contributed by atoms with Gasteiger partial charge < -0.3 is 15.2 Å². The lowest BCUT2D eigenvalue weighted by molar-refractivity contribution is -0.123. The van der Waals surface area contributed by atoms with E-state index in [0.717, 1.165) is 11.3 Å². The van der Waals surface area contributed by atoms with Crippen molar-refractivity contribution in [1.82, 2.24) is 5.32 Å². The van der Waals surface area contributed by atoms with Gasteiger partial charge in [-0.2, -0.15) is 0 Å². The number of carbonyl (C=O) groups excluding carboxylic acids is 1. The van der Waals surface area contributed by atoms with Crippen molar-refractivity contribution in [3.05, 3.63) is 29.8 Å². The predicted octanol–water partition coefficient (Wildman–Crippen LogP) is 1.69. The zero-order valence-electron chi connectivity index (χ0n) is 11.4. The van der Waals surface area contributed by atoms with Crippen molar-refractivity contribution in [1.29, 1.82) is 0 Å². The fourth-order valence-electron chi connectivity index (χ4n) is 2.37. The molecule has 2 atom stereocenters. The van der Waals surface area contributed by atoms with Crippen LogP contribution in [0, 0.1) is 5.92 Å². The standard InChI is InChI=1S/C15H21NO3/c1-10(2)13(7-8-17)16-15(18)12-9-19-14-6-4-3-5-11(12)14/h3-6,10,12-13,17H,7-9H2,1-2H3,(H,16,18). The van der Waals surface area contributed by atoms with E-state index < -0.39 is 0 Å². The third-order valence-corrected chi connectivity index (χ3v) is 3.59. The minimum atomic E-state index is -0.240. The van der Waals surface area contributed by atoms with E-state index in [4.69, 9.17) is 9.84 Å². The molecule has 1 amide bonds. The summed E-state index contributed by atoms with van der Waals surface area (Å²) in [6.07, 6.45) is 0.582. The third kappa shape index (κ3) is 3.07. The van der Waals surface area contributed by atoms with Gasteiger partial charge in [0.25, 0.3) is 0 Å². The van der Waals surface area contributed by atoms with Gasteiger partial charge >= 0.3 is 0 Å². The van der Waals surface area contributed by atoms with Crippen LogP contribution in [0.1, 0.15) is 31.7 Å². The molecule has 2 rings (SSSR count). The molecule has 0 saturated heterocycles. The minimum absolute atomic E-state index is 0.00487. The number of amides is 1. The van der Waals surface area contributed by atoms with Gasteiger partial charge in [-0.05, 0) is 18.4 Å². The molecule has 2 unspecified atom stereocenters. The molecule has 1 aliphatic rings. The second kappa shape index (κ2) is 6.06. The van der Waals surface area contributed by atoms with E-state index in [0.29, 0.717) is 18.9 Å². The normalized spacial score (nSPS) is 18.8. The summed E-state index contributed by atoms with van der Waals surface area (Å²) < 4.78 is 5.52. The van der Waals surface area contributed by atoms with Crippen LogP contribution in [-0.4, -0.2) is 30.3 Å². The van der Waals surface area contributed by atoms with Crippen molar-refractivity contribution in [3.63, 3.8) is 0 Å². The molecule has 1 aromatic carbocycles. The topological polar surface area (TPSA) is 58.6 Å². The molecule has 4 nitrogen and oxygen atoms in total. The predicted molar refractivity (Wildman–Crippen MR) is 73.1 cm³/mol. The number of hydrogen-bond donors (Lipinski definition) is 2. The summed E-state index contributed by atoms with van der Waals surface area (Å²) in [7, 11) is 0. The van der Waals surface area contributed by atoms with Gasteiger partial charge in [-0.1, -0.05) is 32.0 Å². The molecular weight excluding hydrogens is 242 g/mol. The number of benzene rings is 1. The molecule has 104 valence electrons. The SMILES string of the molecule is CC(C)C(CCO)NC(=O)C1COc2ccccc21. The molecule has 0 radical (unpaired) electrons. The van der Waals surface area contributed by atoms with E-state index in [9.17, 15) is 4.79 Å². The molecule has 4 heteroatoms. The fourth-order valence-corrected chi connectivity index (χ4v) is 2.37. The number of carbonyl (C=O) groups is 1. The summed E-state index contributed by atoms with van der Waals surface area (Å²) in [6.45, 7) is 4.56. The summed E-state index contributed by atoms with van der Waals surface area (Å²) in [4.78, 5) is 12.3. The molecule has 1 aromatic rings. The van der Waals surface area contributed by atoms with Gasteiger partial charge in [0.15, 0.2) is 0 Å². The van der Waals surface area contributed by atoms with Crippen LogP contribution in [0.2, 0.25) is 0 Å². The van der Waals surface area contributed by atoms with Gasteiger partial charge in [0.1, 0.15) is 18.3 Å². The Morgan fingerprint density at radius 3 is 2.89 bits per heavy atom. The minimum Gasteiger partial charge on any atom is -0.492 e. The van der Waals surface area contributed by atoms with E-state index >= 15 is 0 Å². The zero-order valence-corrected chi connectivity index (χ0v) is 11.4. The van der Waals surface area contributed by atoms with Crippen LogP contribution < -0.4 is 10.1 Å². The van der Waals surface area contributed by atoms with Crippen molar-refractivity contribution < 1.29 is 14.6 Å². The van der Waals surface area contributed by atoms with Crippen molar-refractivity contribution in [2.75, 3.05) is 13.2 Å². The summed E-state index contributed by atoms with van der Waals surface area (Å²) >= 11 is 0. The molecule has 0 aromatic heterocycles. The highest BCUT2D eigenvalue weighted by molar-refractivity contribution is 5.85. The van der Waals surface area contributed by atoms with Crippen molar-refractivity contribution >= 4 is 5.91 Å². The number of hydrogen-bond acceptors (Lipinski definition) is 3. The number of aliphatic hydroxyl groups excluding tert-OH is 1. The monoisotopic (exact) mass is 263 g/mol. The Hall–Kier alpha value is -1.55. The highest BCUT2D eigenvalue weighted by Gasteiger charge is 2.31. The van der Waals surface area contributed by atoms with Crippen LogP contribution in [-0.2, 0) is 4.79 Å². The number of ether oxygens (including phenoxy) is 1. The summed E-state index contributed by atoms with van der Waals surface area (Å²) in [5.41, 5.74) is 0.950. The van der Waals surface area contributed by atoms with E-state index in [1.165, 1.54) is 0 Å². The highest BCUT2D eigenvalue weighted by atomic mass is 16.5. The molecule has 0 bridgehead atoms. The van der Waals surface area contributed by atoms with E-state index in [1.807, 2.05) is 38.1 Å². The Morgan fingerprint density at radius 2 is 2.21 bits per heavy atom. The Labute approximate surface area is 113 Å². The van der Waals surface area contributed by atoms with Crippen LogP contribution in [0.25, 0.3) is 0 Å². The van der Waals surface area contributed by atoms with E-state index in [-0.39, 0.29) is 24.5 Å². The molecule has 2 N–H and O–H groups in total. The average Bonchev–Trinajstić information content (AvgIpc) is 2.81. The maximum absolute atomic E-state index is 12.3. The summed E-state index contributed by atoms with van der Waals surface area (Å²) in [5, 5.41) is 12.1. The lowest BCUT2D eigenvalue weighted by Crippen LogP contribution is -2.42. The van der Waals surface area contributed by atoms with Crippen molar-refractivity contribution in [2.45, 2.75) is 32.2 Å². The Morgan fingerprint density at radius 1 is 1.47 bits per heavy atom. The molecule has 19 heavy (non-hydrogen) atoms. The lowest BCUT2D eigenvalue weighted by Gasteiger charge is -2.23. The smallest absolute Gasteiger partial charge is 0.231 e. The van der Waals surface area contributed by atoms with Crippen LogP contribution >= 0.6 is 0 Å². The fraction of sp³-hybridized carbons (Fsp3) is 0.533. The molecule has 0 aliphatic carbocycles. The molecule has 0 spiro atoms. The van der Waals surface area contributed by atoms with E-state index in [1.54, 1.807) is 0 Å². The third-order valence-electron chi connectivity index (χ3n) is 3.59. The first-order valence-electron chi connectivity index (χ1n) is 6.76. The van der Waals surface area contributed by atoms with Gasteiger partial charge in [0.05, 0.1) is 0 Å². The van der Waals surface area contributed by atoms with Gasteiger partial charge in [-0.25, -0.2) is 0 Å². The maximum Gasteiger partial charge on any atom is 0.231 e. The highest BCUT2D eigenvalue weighted by Crippen LogP contribution is 2.33. The number of para-hydroxylation sites is 1. The molecule has 0 fully saturated rings. The number of nitrogens with one attached hydrogen (secondary N) is 1. The van der Waals surface area contributed by atoms with Gasteiger partial charge in [0.2, 0.25) is 5.91 Å². The van der Waals surface area contributed by atoms with Crippen molar-refractivity contribution in [3.8, 4) is 5.75 Å². The lowest BCUT2D eigenvalue weighted by atomic mass is 9.97. The number of aliphatic hydroxyl groups is 1. The van der Waals surface area contributed by atoms with Crippen LogP contribution in [0.15, 0.2) is 24.3 Å². The second-order valence-corrected chi connectivity index (χ2v) is 5.27. The molecular formula is C15H21NO3. The Balaban J connectivity index is 2.05. The van der Waals surface area contributed by atoms with Gasteiger partial charge in [-0.3, -0.25) is 4.79 Å². The van der Waals surface area contributed by atoms with Crippen molar-refractivity contribution in [2.24, 2.45) is 5.92 Å². The van der Waals surface area contributed by atoms with Crippen LogP contribution in [0.3, 0.4) is 0 Å². The zero-order chi connectivity index (χ0) is 13.8. The van der Waals surface area contributed by atoms with Crippen LogP contribution in [0.5, 0.6) is 5.75 Å². The second-order valence-electron chi connectivity index (χ2n) is 5.27. The van der Waals surface area contributed by atoms with Crippen LogP contribution in [0.4, 0.5) is 0 Å². The Bertz CT molecular complexity index is 445. The first kappa shape index (κ1) is 13.9. The first-order valence-corrected chi connectivity index (χ1v) is 6.76. The summed E-state index contributed by atoms with van der Waals surface area (Å²) in [6, 6.07) is 7.65. The van der Waals surface area contributed by atoms with E-state index in [2.05, 4.69) is 5.32 Å². The first-order chi connectivity index (χ1) is 9.13. The molecule has 1 heterocycles. The summed E-state index contributed by atoms with van der Waals surface area (Å²) in [5.74, 6) is 0.841. The Kier molecular flexibility index (Phi) is 4.43. The van der Waals surface area contributed by atoms with Gasteiger partial charge in [-0.15, -0.1) is 0 Å². The molecule has 0 saturated carbocycles. The number of fused-ring (bicyclic) bond motifs is 1. The number of rotatable bonds is 5. The quantitative estimate of drug-likeness (QED) is 0.850. The average molecular weight is 263 g/mol. The maximum atomic E-state index is 12.3. The van der Waals surface area contributed by atoms with Gasteiger partial charge in [0, 0.05) is 18.2 Å². The molecule has 1 aliphatic heterocycles. The largest absolute Gasteiger partial charge is 0.492 e.